The molecule has 1 N–H and O–H groups in total. The SMILES string of the molecule is Cc1ccc(C(=O)N2CCOC[C@H]2CO)cc1. The molecule has 1 atom stereocenters. The summed E-state index contributed by atoms with van der Waals surface area (Å²) in [6.07, 6.45) is 0. The van der Waals surface area contributed by atoms with Crippen LogP contribution in [0.15, 0.2) is 24.3 Å². The highest BCUT2D eigenvalue weighted by Crippen LogP contribution is 2.13. The lowest BCUT2D eigenvalue weighted by Gasteiger charge is -2.34. The molecule has 1 amide bonds. The fourth-order valence-electron chi connectivity index (χ4n) is 1.94. The smallest absolute Gasteiger partial charge is 0.254 e. The summed E-state index contributed by atoms with van der Waals surface area (Å²) in [6, 6.07) is 7.25. The first kappa shape index (κ1) is 12.1. The average Bonchev–Trinajstić information content (AvgIpc) is 2.39. The summed E-state index contributed by atoms with van der Waals surface area (Å²) in [5.74, 6) is -0.0349. The van der Waals surface area contributed by atoms with E-state index < -0.39 is 0 Å². The van der Waals surface area contributed by atoms with Gasteiger partial charge in [0, 0.05) is 12.1 Å². The van der Waals surface area contributed by atoms with Crippen LogP contribution < -0.4 is 0 Å². The number of amides is 1. The number of hydrogen-bond acceptors (Lipinski definition) is 3. The quantitative estimate of drug-likeness (QED) is 0.826. The number of morpholine rings is 1. The molecule has 1 aromatic carbocycles. The van der Waals surface area contributed by atoms with E-state index in [-0.39, 0.29) is 18.6 Å². The Labute approximate surface area is 101 Å². The number of carbonyl (C=O) groups is 1. The van der Waals surface area contributed by atoms with E-state index in [9.17, 15) is 9.90 Å². The van der Waals surface area contributed by atoms with Gasteiger partial charge in [0.05, 0.1) is 25.9 Å². The highest BCUT2D eigenvalue weighted by atomic mass is 16.5. The first-order valence-electron chi connectivity index (χ1n) is 5.78. The maximum absolute atomic E-state index is 12.2. The van der Waals surface area contributed by atoms with E-state index in [0.717, 1.165) is 5.56 Å². The van der Waals surface area contributed by atoms with Crippen molar-refractivity contribution in [2.45, 2.75) is 13.0 Å². The van der Waals surface area contributed by atoms with E-state index in [2.05, 4.69) is 0 Å². The van der Waals surface area contributed by atoms with Crippen molar-refractivity contribution in [3.05, 3.63) is 35.4 Å². The van der Waals surface area contributed by atoms with Crippen molar-refractivity contribution in [1.82, 2.24) is 4.90 Å². The predicted octanol–water partition coefficient (Wildman–Crippen LogP) is 0.828. The van der Waals surface area contributed by atoms with Crippen LogP contribution in [0, 0.1) is 6.92 Å². The third-order valence-corrected chi connectivity index (χ3v) is 3.00. The summed E-state index contributed by atoms with van der Waals surface area (Å²) in [5.41, 5.74) is 1.79. The standard InChI is InChI=1S/C13H17NO3/c1-10-2-4-11(5-3-10)13(16)14-6-7-17-9-12(14)8-15/h2-5,12,15H,6-9H2,1H3/t12-/m1/s1. The molecule has 0 unspecified atom stereocenters. The summed E-state index contributed by atoms with van der Waals surface area (Å²) in [6.45, 7) is 3.41. The Morgan fingerprint density at radius 2 is 2.18 bits per heavy atom. The van der Waals surface area contributed by atoms with Crippen molar-refractivity contribution in [3.63, 3.8) is 0 Å². The summed E-state index contributed by atoms with van der Waals surface area (Å²) in [7, 11) is 0. The van der Waals surface area contributed by atoms with Crippen LogP contribution in [0.2, 0.25) is 0 Å². The minimum atomic E-state index is -0.224. The third-order valence-electron chi connectivity index (χ3n) is 3.00. The zero-order valence-electron chi connectivity index (χ0n) is 9.93. The van der Waals surface area contributed by atoms with Gasteiger partial charge in [-0.2, -0.15) is 0 Å². The second-order valence-electron chi connectivity index (χ2n) is 4.28. The Morgan fingerprint density at radius 1 is 1.47 bits per heavy atom. The second kappa shape index (κ2) is 5.29. The highest BCUT2D eigenvalue weighted by Gasteiger charge is 2.27. The van der Waals surface area contributed by atoms with E-state index >= 15 is 0 Å². The van der Waals surface area contributed by atoms with Gasteiger partial charge in [-0.3, -0.25) is 4.79 Å². The molecular weight excluding hydrogens is 218 g/mol. The van der Waals surface area contributed by atoms with Crippen molar-refractivity contribution in [2.24, 2.45) is 0 Å². The monoisotopic (exact) mass is 235 g/mol. The van der Waals surface area contributed by atoms with Crippen LogP contribution in [0.4, 0.5) is 0 Å². The molecule has 0 radical (unpaired) electrons. The van der Waals surface area contributed by atoms with Gasteiger partial charge in [0.15, 0.2) is 0 Å². The molecule has 4 nitrogen and oxygen atoms in total. The topological polar surface area (TPSA) is 49.8 Å². The van der Waals surface area contributed by atoms with Gasteiger partial charge < -0.3 is 14.7 Å². The van der Waals surface area contributed by atoms with Gasteiger partial charge in [-0.25, -0.2) is 0 Å². The summed E-state index contributed by atoms with van der Waals surface area (Å²) >= 11 is 0. The van der Waals surface area contributed by atoms with E-state index in [0.29, 0.717) is 25.3 Å². The summed E-state index contributed by atoms with van der Waals surface area (Å²) in [4.78, 5) is 13.9. The van der Waals surface area contributed by atoms with E-state index in [1.54, 1.807) is 4.90 Å². The van der Waals surface area contributed by atoms with Crippen LogP contribution in [0.25, 0.3) is 0 Å². The maximum Gasteiger partial charge on any atom is 0.254 e. The second-order valence-corrected chi connectivity index (χ2v) is 4.28. The van der Waals surface area contributed by atoms with Crippen LogP contribution in [0.1, 0.15) is 15.9 Å². The summed E-state index contributed by atoms with van der Waals surface area (Å²) in [5, 5.41) is 9.23. The maximum atomic E-state index is 12.2. The van der Waals surface area contributed by atoms with Gasteiger partial charge in [0.1, 0.15) is 0 Å². The molecule has 1 saturated heterocycles. The van der Waals surface area contributed by atoms with Gasteiger partial charge in [0.25, 0.3) is 5.91 Å². The highest BCUT2D eigenvalue weighted by molar-refractivity contribution is 5.94. The van der Waals surface area contributed by atoms with Gasteiger partial charge in [-0.1, -0.05) is 17.7 Å². The van der Waals surface area contributed by atoms with Crippen molar-refractivity contribution in [1.29, 1.82) is 0 Å². The van der Waals surface area contributed by atoms with Gasteiger partial charge in [0.2, 0.25) is 0 Å². The zero-order chi connectivity index (χ0) is 12.3. The molecular formula is C13H17NO3. The van der Waals surface area contributed by atoms with Crippen LogP contribution in [0.3, 0.4) is 0 Å². The van der Waals surface area contributed by atoms with Crippen molar-refractivity contribution < 1.29 is 14.6 Å². The van der Waals surface area contributed by atoms with Gasteiger partial charge in [-0.05, 0) is 19.1 Å². The fraction of sp³-hybridized carbons (Fsp3) is 0.462. The number of nitrogens with zero attached hydrogens (tertiary/aromatic N) is 1. The Balaban J connectivity index is 2.15. The molecule has 1 aromatic rings. The number of ether oxygens (including phenoxy) is 1. The molecule has 2 rings (SSSR count). The third kappa shape index (κ3) is 2.65. The van der Waals surface area contributed by atoms with Crippen LogP contribution in [-0.2, 0) is 4.74 Å². The lowest BCUT2D eigenvalue weighted by atomic mass is 10.1. The Morgan fingerprint density at radius 3 is 2.82 bits per heavy atom. The number of aryl methyl sites for hydroxylation is 1. The van der Waals surface area contributed by atoms with E-state index in [1.165, 1.54) is 0 Å². The Hall–Kier alpha value is -1.39. The normalized spacial score (nSPS) is 20.4. The lowest BCUT2D eigenvalue weighted by molar-refractivity contribution is -0.0183. The van der Waals surface area contributed by atoms with Crippen LogP contribution in [-0.4, -0.2) is 48.3 Å². The fourth-order valence-corrected chi connectivity index (χ4v) is 1.94. The molecule has 1 fully saturated rings. The van der Waals surface area contributed by atoms with Crippen LogP contribution in [0.5, 0.6) is 0 Å². The molecule has 0 aromatic heterocycles. The van der Waals surface area contributed by atoms with E-state index in [4.69, 9.17) is 4.74 Å². The first-order valence-corrected chi connectivity index (χ1v) is 5.78. The molecule has 0 aliphatic carbocycles. The lowest BCUT2D eigenvalue weighted by Crippen LogP contribution is -2.50. The van der Waals surface area contributed by atoms with Crippen molar-refractivity contribution >= 4 is 5.91 Å². The average molecular weight is 235 g/mol. The largest absolute Gasteiger partial charge is 0.394 e. The Bertz CT molecular complexity index is 388. The first-order chi connectivity index (χ1) is 8.22. The number of hydrogen-bond donors (Lipinski definition) is 1. The molecule has 4 heteroatoms. The number of carbonyl (C=O) groups excluding carboxylic acids is 1. The molecule has 1 aliphatic heterocycles. The number of aliphatic hydroxyl groups is 1. The zero-order valence-corrected chi connectivity index (χ0v) is 9.93. The van der Waals surface area contributed by atoms with Crippen molar-refractivity contribution in [3.8, 4) is 0 Å². The number of rotatable bonds is 2. The molecule has 17 heavy (non-hydrogen) atoms. The van der Waals surface area contributed by atoms with Crippen molar-refractivity contribution in [2.75, 3.05) is 26.4 Å². The minimum absolute atomic E-state index is 0.0349. The van der Waals surface area contributed by atoms with Gasteiger partial charge in [-0.15, -0.1) is 0 Å². The van der Waals surface area contributed by atoms with Crippen LogP contribution >= 0.6 is 0 Å². The number of benzene rings is 1. The molecule has 0 saturated carbocycles. The molecule has 1 aliphatic rings. The Kier molecular flexibility index (Phi) is 3.76. The van der Waals surface area contributed by atoms with Gasteiger partial charge >= 0.3 is 0 Å². The number of aliphatic hydroxyl groups excluding tert-OH is 1. The molecule has 92 valence electrons. The molecule has 0 spiro atoms. The predicted molar refractivity (Wildman–Crippen MR) is 63.9 cm³/mol. The molecule has 0 bridgehead atoms. The molecule has 1 heterocycles. The van der Waals surface area contributed by atoms with E-state index in [1.807, 2.05) is 31.2 Å². The summed E-state index contributed by atoms with van der Waals surface area (Å²) < 4.78 is 5.25. The minimum Gasteiger partial charge on any atom is -0.394 e.